The number of ether oxygens (including phenoxy) is 3. The number of hydrogen-bond donors (Lipinski definition) is 10. The van der Waals surface area contributed by atoms with Gasteiger partial charge in [0.2, 0.25) is 17.7 Å². The van der Waals surface area contributed by atoms with Gasteiger partial charge in [0.1, 0.15) is 49.0 Å². The van der Waals surface area contributed by atoms with Crippen LogP contribution in [0.2, 0.25) is 5.02 Å². The SMILES string of the molecule is C[C@@H]1[C@H](O)[C@@H](COP(=O)(O)OP(=O)(O)OP(=O)(O)OC[C@H]2O[C@@H]([n+]3cn(CCOc4ccc(Cl)cc4)c4c(=O)[nH]c(N)nc43)[C@](C)(O)[C@@H]2O)O[C@H]1n1cnc2c(=O)[nH]c(N)nc21. The Labute approximate surface area is 351 Å². The number of H-pyrrole nitrogens is 2. The highest BCUT2D eigenvalue weighted by Gasteiger charge is 2.57. The highest BCUT2D eigenvalue weighted by atomic mass is 35.5. The summed E-state index contributed by atoms with van der Waals surface area (Å²) >= 11 is 5.92. The van der Waals surface area contributed by atoms with E-state index in [0.29, 0.717) is 10.8 Å². The maximum absolute atomic E-state index is 13.0. The van der Waals surface area contributed by atoms with Crippen LogP contribution in [-0.4, -0.2) is 114 Å². The summed E-state index contributed by atoms with van der Waals surface area (Å²) in [7, 11) is -17.4. The van der Waals surface area contributed by atoms with Crippen molar-refractivity contribution in [2.75, 3.05) is 31.3 Å². The second-order valence-corrected chi connectivity index (χ2v) is 19.3. The van der Waals surface area contributed by atoms with Crippen LogP contribution in [0.4, 0.5) is 11.9 Å². The number of hydrogen-bond acceptors (Lipinski definition) is 20. The molecule has 6 heterocycles. The normalized spacial score (nSPS) is 28.2. The first-order valence-corrected chi connectivity index (χ1v) is 22.8. The highest BCUT2D eigenvalue weighted by molar-refractivity contribution is 7.66. The number of rotatable bonds is 16. The molecular weight excluding hydrogens is 917 g/mol. The van der Waals surface area contributed by atoms with Crippen molar-refractivity contribution in [2.24, 2.45) is 5.92 Å². The van der Waals surface area contributed by atoms with E-state index in [-0.39, 0.29) is 47.4 Å². The number of nitrogens with one attached hydrogen (secondary N) is 2. The largest absolute Gasteiger partial charge is 0.490 e. The van der Waals surface area contributed by atoms with Crippen LogP contribution in [0.3, 0.4) is 0 Å². The van der Waals surface area contributed by atoms with Crippen molar-refractivity contribution >= 4 is 69.3 Å². The van der Waals surface area contributed by atoms with Crippen molar-refractivity contribution in [2.45, 2.75) is 62.9 Å². The summed E-state index contributed by atoms with van der Waals surface area (Å²) in [4.78, 5) is 72.6. The first-order chi connectivity index (χ1) is 28.9. The van der Waals surface area contributed by atoms with Crippen LogP contribution in [0, 0.1) is 5.92 Å². The summed E-state index contributed by atoms with van der Waals surface area (Å²) < 4.78 is 77.1. The summed E-state index contributed by atoms with van der Waals surface area (Å²) in [5.41, 5.74) is 7.61. The van der Waals surface area contributed by atoms with Crippen LogP contribution in [-0.2, 0) is 47.4 Å². The van der Waals surface area contributed by atoms with Crippen LogP contribution < -0.4 is 31.9 Å². The Balaban J connectivity index is 0.969. The molecule has 3 unspecified atom stereocenters. The molecule has 2 saturated heterocycles. The number of aliphatic hydroxyl groups excluding tert-OH is 2. The Kier molecular flexibility index (Phi) is 12.6. The lowest BCUT2D eigenvalue weighted by molar-refractivity contribution is -0.752. The molecule has 32 heteroatoms. The monoisotopic (exact) mass is 955 g/mol. The van der Waals surface area contributed by atoms with E-state index in [4.69, 9.17) is 46.3 Å². The van der Waals surface area contributed by atoms with Gasteiger partial charge in [-0.1, -0.05) is 23.5 Å². The van der Waals surface area contributed by atoms with Crippen molar-refractivity contribution in [3.05, 3.63) is 62.7 Å². The van der Waals surface area contributed by atoms with Gasteiger partial charge in [-0.3, -0.25) is 37.7 Å². The van der Waals surface area contributed by atoms with Gasteiger partial charge in [-0.05, 0) is 31.2 Å². The van der Waals surface area contributed by atoms with Gasteiger partial charge in [0.05, 0.1) is 25.6 Å². The number of nitrogens with zero attached hydrogens (tertiary/aromatic N) is 6. The number of aromatic nitrogens is 8. The number of nitrogens with two attached hydrogens (primary N) is 2. The van der Waals surface area contributed by atoms with Crippen LogP contribution in [0.25, 0.3) is 22.3 Å². The molecule has 0 bridgehead atoms. The fourth-order valence-electron chi connectivity index (χ4n) is 6.82. The van der Waals surface area contributed by atoms with Crippen molar-refractivity contribution in [3.8, 4) is 5.75 Å². The second-order valence-electron chi connectivity index (χ2n) is 14.2. The molecule has 28 nitrogen and oxygen atoms in total. The Morgan fingerprint density at radius 2 is 1.55 bits per heavy atom. The number of aliphatic hydroxyl groups is 3. The molecule has 12 N–H and O–H groups in total. The average molecular weight is 956 g/mol. The first-order valence-electron chi connectivity index (χ1n) is 18.0. The number of anilines is 2. The number of halogens is 1. The minimum Gasteiger partial charge on any atom is -0.490 e. The molecule has 11 atom stereocenters. The van der Waals surface area contributed by atoms with E-state index in [9.17, 15) is 53.3 Å². The topological polar surface area (TPSA) is 407 Å². The van der Waals surface area contributed by atoms with Gasteiger partial charge < -0.3 is 55.7 Å². The Morgan fingerprint density at radius 1 is 0.935 bits per heavy atom. The molecule has 0 radical (unpaired) electrons. The minimum absolute atomic E-state index is 0.00191. The predicted octanol–water partition coefficient (Wildman–Crippen LogP) is -0.687. The minimum atomic E-state index is -6.01. The highest BCUT2D eigenvalue weighted by Crippen LogP contribution is 2.68. The van der Waals surface area contributed by atoms with E-state index in [1.54, 1.807) is 24.3 Å². The van der Waals surface area contributed by atoms with Crippen LogP contribution in [0.15, 0.2) is 46.5 Å². The average Bonchev–Trinajstić information content (AvgIpc) is 3.88. The summed E-state index contributed by atoms with van der Waals surface area (Å²) in [5, 5.41) is 33.7. The van der Waals surface area contributed by atoms with Gasteiger partial charge in [0.25, 0.3) is 17.1 Å². The van der Waals surface area contributed by atoms with Gasteiger partial charge in [0, 0.05) is 10.9 Å². The molecule has 0 aliphatic carbocycles. The number of aromatic amines is 2. The molecule has 62 heavy (non-hydrogen) atoms. The lowest BCUT2D eigenvalue weighted by Crippen LogP contribution is -2.53. The molecule has 5 aromatic rings. The molecule has 338 valence electrons. The molecule has 0 spiro atoms. The quantitative estimate of drug-likeness (QED) is 0.0432. The van der Waals surface area contributed by atoms with E-state index in [1.807, 2.05) is 0 Å². The summed E-state index contributed by atoms with van der Waals surface area (Å²) in [6, 6.07) is 6.49. The maximum atomic E-state index is 13.0. The standard InChI is InChI=1S/C30H38ClN10O18P3/c1-13-20(42)16(56-26(13)40-11-34-18-22(40)35-28(32)37-24(18)44)9-54-60(47,48)58-62(51,52)59-61(49,50)55-10-17-21(43)30(2,46)27(57-17)41-12-39(19-23(41)36-29(33)38-25(19)45)7-8-53-15-5-3-14(31)4-6-15/h3-6,11-13,16-17,20-21,26-27,42-43,46H,7-10H2,1-2H3,(H8-,32,33,35,36,37,38,44,45,47,48,49,50,51,52)/p+1/t13-,16-,17-,20+,21-,26-,27-,30-/m1/s1. The van der Waals surface area contributed by atoms with Gasteiger partial charge in [-0.15, -0.1) is 0 Å². The second kappa shape index (κ2) is 17.1. The van der Waals surface area contributed by atoms with Gasteiger partial charge in [0.15, 0.2) is 17.5 Å². The molecule has 7 rings (SSSR count). The zero-order chi connectivity index (χ0) is 45.1. The van der Waals surface area contributed by atoms with Gasteiger partial charge >= 0.3 is 29.1 Å². The Hall–Kier alpha value is -4.18. The van der Waals surface area contributed by atoms with Gasteiger partial charge in [-0.25, -0.2) is 23.2 Å². The first kappa shape index (κ1) is 45.8. The van der Waals surface area contributed by atoms with Crippen LogP contribution >= 0.6 is 35.1 Å². The van der Waals surface area contributed by atoms with E-state index < -0.39 is 96.2 Å². The molecule has 2 aliphatic heterocycles. The Bertz CT molecular complexity index is 2750. The molecule has 2 fully saturated rings. The number of nitrogen functional groups attached to an aromatic ring is 2. The molecule has 0 saturated carbocycles. The zero-order valence-electron chi connectivity index (χ0n) is 32.0. The van der Waals surface area contributed by atoms with Crippen LogP contribution in [0.5, 0.6) is 5.75 Å². The number of phosphoric acid groups is 3. The van der Waals surface area contributed by atoms with Crippen molar-refractivity contribution < 1.29 is 80.1 Å². The lowest BCUT2D eigenvalue weighted by atomic mass is 9.96. The number of fused-ring (bicyclic) bond motifs is 2. The summed E-state index contributed by atoms with van der Waals surface area (Å²) in [6.45, 7) is 0.664. The lowest BCUT2D eigenvalue weighted by Gasteiger charge is -2.25. The summed E-state index contributed by atoms with van der Waals surface area (Å²) in [5.74, 6) is -0.852. The van der Waals surface area contributed by atoms with E-state index in [2.05, 4.69) is 33.5 Å². The molecule has 2 aliphatic rings. The maximum Gasteiger partial charge on any atom is 0.490 e. The molecule has 4 aromatic heterocycles. The third kappa shape index (κ3) is 9.51. The fraction of sp³-hybridized carbons (Fsp3) is 0.467. The molecule has 0 amide bonds. The zero-order valence-corrected chi connectivity index (χ0v) is 35.4. The molecular formula is C30H39ClN10O18P3+. The fourth-order valence-corrected chi connectivity index (χ4v) is 10.5. The molecule has 1 aromatic carbocycles. The smallest absolute Gasteiger partial charge is 0.490 e. The van der Waals surface area contributed by atoms with Gasteiger partial charge in [-0.2, -0.15) is 13.6 Å². The third-order valence-corrected chi connectivity index (χ3v) is 14.2. The van der Waals surface area contributed by atoms with Crippen molar-refractivity contribution in [3.63, 3.8) is 0 Å². The number of phosphoric ester groups is 2. The summed E-state index contributed by atoms with van der Waals surface area (Å²) in [6.07, 6.45) is -6.51. The van der Waals surface area contributed by atoms with E-state index in [0.717, 1.165) is 6.92 Å². The predicted molar refractivity (Wildman–Crippen MR) is 208 cm³/mol. The van der Waals surface area contributed by atoms with Crippen molar-refractivity contribution in [1.29, 1.82) is 0 Å². The van der Waals surface area contributed by atoms with Crippen LogP contribution in [0.1, 0.15) is 26.3 Å². The van der Waals surface area contributed by atoms with E-state index in [1.165, 1.54) is 33.3 Å². The number of imidazole rings is 2. The van der Waals surface area contributed by atoms with Crippen molar-refractivity contribution in [1.82, 2.24) is 34.1 Å². The third-order valence-electron chi connectivity index (χ3n) is 9.74. The van der Waals surface area contributed by atoms with E-state index >= 15 is 0 Å². The number of benzene rings is 1. The Morgan fingerprint density at radius 3 is 2.21 bits per heavy atom.